The Labute approximate surface area is 97.4 Å². The summed E-state index contributed by atoms with van der Waals surface area (Å²) in [6.45, 7) is 1.75. The number of rotatable bonds is 3. The van der Waals surface area contributed by atoms with Crippen molar-refractivity contribution in [2.24, 2.45) is 0 Å². The smallest absolute Gasteiger partial charge is 0.399 e. The molecule has 0 saturated heterocycles. The Bertz CT molecular complexity index is 496. The third kappa shape index (κ3) is 2.35. The van der Waals surface area contributed by atoms with Crippen LogP contribution in [0.2, 0.25) is 5.02 Å². The van der Waals surface area contributed by atoms with Crippen molar-refractivity contribution in [1.82, 2.24) is 4.98 Å². The molecule has 0 bridgehead atoms. The number of hydrogen-bond acceptors (Lipinski definition) is 4. The Kier molecular flexibility index (Phi) is 3.12. The third-order valence-electron chi connectivity index (χ3n) is 1.98. The van der Waals surface area contributed by atoms with Gasteiger partial charge in [-0.1, -0.05) is 17.7 Å². The third-order valence-corrected chi connectivity index (χ3v) is 2.27. The molecule has 1 N–H and O–H groups in total. The van der Waals surface area contributed by atoms with Gasteiger partial charge < -0.3 is 14.3 Å². The van der Waals surface area contributed by atoms with E-state index in [9.17, 15) is 0 Å². The summed E-state index contributed by atoms with van der Waals surface area (Å²) in [5.41, 5.74) is 1.46. The molecule has 0 spiro atoms. The summed E-state index contributed by atoms with van der Waals surface area (Å²) in [6.07, 6.45) is 1.40. The van der Waals surface area contributed by atoms with Crippen molar-refractivity contribution in [3.05, 3.63) is 40.7 Å². The van der Waals surface area contributed by atoms with Gasteiger partial charge in [-0.05, 0) is 24.6 Å². The van der Waals surface area contributed by atoms with Crippen LogP contribution in [0.3, 0.4) is 0 Å². The van der Waals surface area contributed by atoms with E-state index in [1.165, 1.54) is 6.26 Å². The molecular weight excluding hydrogens is 230 g/mol. The molecule has 0 aliphatic rings. The molecule has 0 aliphatic carbocycles. The first-order valence-electron chi connectivity index (χ1n) is 4.68. The van der Waals surface area contributed by atoms with E-state index in [0.717, 1.165) is 5.56 Å². The number of halogens is 1. The second kappa shape index (κ2) is 4.55. The van der Waals surface area contributed by atoms with Gasteiger partial charge in [0.05, 0.1) is 11.6 Å². The highest BCUT2D eigenvalue weighted by Gasteiger charge is 2.08. The maximum atomic E-state index is 8.80. The molecule has 0 fully saturated rings. The minimum absolute atomic E-state index is 0.0646. The van der Waals surface area contributed by atoms with Crippen LogP contribution in [0, 0.1) is 6.92 Å². The van der Waals surface area contributed by atoms with Gasteiger partial charge in [0, 0.05) is 0 Å². The van der Waals surface area contributed by atoms with E-state index in [2.05, 4.69) is 4.98 Å². The number of nitrogens with zero attached hydrogens (tertiary/aromatic N) is 1. The largest absolute Gasteiger partial charge is 0.417 e. The van der Waals surface area contributed by atoms with Crippen molar-refractivity contribution in [1.29, 1.82) is 0 Å². The fourth-order valence-corrected chi connectivity index (χ4v) is 1.46. The van der Waals surface area contributed by atoms with Gasteiger partial charge in [-0.2, -0.15) is 4.98 Å². The molecule has 2 aromatic rings. The molecule has 1 heterocycles. The van der Waals surface area contributed by atoms with Gasteiger partial charge in [0.1, 0.15) is 12.0 Å². The van der Waals surface area contributed by atoms with E-state index >= 15 is 0 Å². The van der Waals surface area contributed by atoms with Crippen molar-refractivity contribution in [3.8, 4) is 11.8 Å². The van der Waals surface area contributed by atoms with E-state index in [1.807, 2.05) is 13.0 Å². The predicted molar refractivity (Wildman–Crippen MR) is 58.7 cm³/mol. The van der Waals surface area contributed by atoms with Crippen LogP contribution in [0.5, 0.6) is 11.8 Å². The zero-order chi connectivity index (χ0) is 11.5. The molecule has 5 heteroatoms. The molecule has 84 valence electrons. The topological polar surface area (TPSA) is 55.5 Å². The number of benzene rings is 1. The average molecular weight is 240 g/mol. The molecule has 1 aromatic heterocycles. The number of aliphatic hydroxyl groups excluding tert-OH is 1. The number of aryl methyl sites for hydroxylation is 1. The maximum absolute atomic E-state index is 8.80. The van der Waals surface area contributed by atoms with Crippen LogP contribution in [-0.4, -0.2) is 10.1 Å². The normalized spacial score (nSPS) is 10.4. The quantitative estimate of drug-likeness (QED) is 0.895. The molecule has 0 atom stereocenters. The lowest BCUT2D eigenvalue weighted by Gasteiger charge is -2.03. The SMILES string of the molecule is Cc1ccc(Oc2nc(CO)co2)c(Cl)c1. The minimum atomic E-state index is -0.186. The maximum Gasteiger partial charge on any atom is 0.399 e. The summed E-state index contributed by atoms with van der Waals surface area (Å²) in [4.78, 5) is 3.89. The number of aliphatic hydroxyl groups is 1. The summed E-state index contributed by atoms with van der Waals surface area (Å²) in [5, 5.41) is 9.29. The Morgan fingerprint density at radius 1 is 1.50 bits per heavy atom. The summed E-state index contributed by atoms with van der Waals surface area (Å²) in [5.74, 6) is 0.471. The molecule has 0 aliphatic heterocycles. The van der Waals surface area contributed by atoms with Crippen LogP contribution in [-0.2, 0) is 6.61 Å². The zero-order valence-corrected chi connectivity index (χ0v) is 9.36. The Hall–Kier alpha value is -1.52. The highest BCUT2D eigenvalue weighted by atomic mass is 35.5. The van der Waals surface area contributed by atoms with E-state index in [1.54, 1.807) is 12.1 Å². The van der Waals surface area contributed by atoms with Crippen LogP contribution in [0.4, 0.5) is 0 Å². The summed E-state index contributed by atoms with van der Waals surface area (Å²) < 4.78 is 10.3. The van der Waals surface area contributed by atoms with Gasteiger partial charge in [-0.15, -0.1) is 0 Å². The predicted octanol–water partition coefficient (Wildman–Crippen LogP) is 2.92. The van der Waals surface area contributed by atoms with Crippen LogP contribution in [0.1, 0.15) is 11.3 Å². The Balaban J connectivity index is 2.20. The minimum Gasteiger partial charge on any atom is -0.417 e. The first-order valence-corrected chi connectivity index (χ1v) is 5.06. The summed E-state index contributed by atoms with van der Waals surface area (Å²) >= 11 is 5.98. The Morgan fingerprint density at radius 2 is 2.31 bits per heavy atom. The second-order valence-electron chi connectivity index (χ2n) is 3.30. The monoisotopic (exact) mass is 239 g/mol. The number of ether oxygens (including phenoxy) is 1. The lowest BCUT2D eigenvalue weighted by Crippen LogP contribution is -1.87. The average Bonchev–Trinajstić information content (AvgIpc) is 2.70. The van der Waals surface area contributed by atoms with Gasteiger partial charge in [0.15, 0.2) is 5.75 Å². The number of hydrogen-bond donors (Lipinski definition) is 1. The highest BCUT2D eigenvalue weighted by Crippen LogP contribution is 2.29. The zero-order valence-electron chi connectivity index (χ0n) is 8.61. The van der Waals surface area contributed by atoms with E-state index < -0.39 is 0 Å². The van der Waals surface area contributed by atoms with Crippen molar-refractivity contribution < 1.29 is 14.3 Å². The van der Waals surface area contributed by atoms with E-state index in [0.29, 0.717) is 16.5 Å². The molecule has 0 unspecified atom stereocenters. The molecular formula is C11H10ClNO3. The fourth-order valence-electron chi connectivity index (χ4n) is 1.19. The van der Waals surface area contributed by atoms with Gasteiger partial charge >= 0.3 is 6.08 Å². The molecule has 1 aromatic carbocycles. The molecule has 16 heavy (non-hydrogen) atoms. The lowest BCUT2D eigenvalue weighted by molar-refractivity contribution is 0.276. The number of oxazole rings is 1. The van der Waals surface area contributed by atoms with Gasteiger partial charge in [0.25, 0.3) is 0 Å². The summed E-state index contributed by atoms with van der Waals surface area (Å²) in [6, 6.07) is 5.39. The van der Waals surface area contributed by atoms with Crippen molar-refractivity contribution in [2.45, 2.75) is 13.5 Å². The second-order valence-corrected chi connectivity index (χ2v) is 3.71. The van der Waals surface area contributed by atoms with Crippen molar-refractivity contribution >= 4 is 11.6 Å². The highest BCUT2D eigenvalue weighted by molar-refractivity contribution is 6.32. The standard InChI is InChI=1S/C11H10ClNO3/c1-7-2-3-10(9(12)4-7)16-11-13-8(5-14)6-15-11/h2-4,6,14H,5H2,1H3. The molecule has 0 amide bonds. The number of aromatic nitrogens is 1. The fraction of sp³-hybridized carbons (Fsp3) is 0.182. The van der Waals surface area contributed by atoms with E-state index in [4.69, 9.17) is 25.9 Å². The van der Waals surface area contributed by atoms with Crippen molar-refractivity contribution in [3.63, 3.8) is 0 Å². The van der Waals surface area contributed by atoms with Crippen LogP contribution in [0.15, 0.2) is 28.9 Å². The first-order chi connectivity index (χ1) is 7.69. The van der Waals surface area contributed by atoms with Crippen LogP contribution < -0.4 is 4.74 Å². The van der Waals surface area contributed by atoms with E-state index in [-0.39, 0.29) is 12.7 Å². The van der Waals surface area contributed by atoms with Gasteiger partial charge in [0.2, 0.25) is 0 Å². The molecule has 0 radical (unpaired) electrons. The summed E-state index contributed by atoms with van der Waals surface area (Å²) in [7, 11) is 0. The molecule has 2 rings (SSSR count). The van der Waals surface area contributed by atoms with Crippen LogP contribution in [0.25, 0.3) is 0 Å². The van der Waals surface area contributed by atoms with Gasteiger partial charge in [-0.3, -0.25) is 0 Å². The first kappa shape index (κ1) is 11.0. The molecule has 4 nitrogen and oxygen atoms in total. The van der Waals surface area contributed by atoms with Gasteiger partial charge in [-0.25, -0.2) is 0 Å². The lowest BCUT2D eigenvalue weighted by atomic mass is 10.2. The van der Waals surface area contributed by atoms with Crippen LogP contribution >= 0.6 is 11.6 Å². The molecule has 0 saturated carbocycles. The van der Waals surface area contributed by atoms with Crippen molar-refractivity contribution in [2.75, 3.05) is 0 Å². The Morgan fingerprint density at radius 3 is 2.94 bits per heavy atom.